The van der Waals surface area contributed by atoms with Gasteiger partial charge in [0.05, 0.1) is 11.3 Å². The summed E-state index contributed by atoms with van der Waals surface area (Å²) < 4.78 is 44.7. The lowest BCUT2D eigenvalue weighted by atomic mass is 10.1. The van der Waals surface area contributed by atoms with Gasteiger partial charge in [0, 0.05) is 43.5 Å². The number of nitrogens with two attached hydrogens (primary N) is 1. The Balaban J connectivity index is 1.57. The molecule has 186 valence electrons. The molecular weight excluding hydrogens is 469 g/mol. The van der Waals surface area contributed by atoms with E-state index in [4.69, 9.17) is 11.0 Å². The quantitative estimate of drug-likeness (QED) is 0.596. The standard InChI is InChI=1S/C26H25F3N6O/c27-18-7-9-33(14-18)20-5-6-24(22(29)11-20)35-25(16-3-4-17(13-30)21(28)10-16)12-23(32-35)26(36)34-8-1-2-19(31)15-34/h3-6,10-12,18-19H,1-2,7-9,14-15,31H2/t18-,19+/m0/s1. The van der Waals surface area contributed by atoms with Crippen LogP contribution in [0.5, 0.6) is 0 Å². The average molecular weight is 495 g/mol. The summed E-state index contributed by atoms with van der Waals surface area (Å²) >= 11 is 0. The van der Waals surface area contributed by atoms with Crippen LogP contribution in [0.25, 0.3) is 16.9 Å². The summed E-state index contributed by atoms with van der Waals surface area (Å²) in [7, 11) is 0. The number of nitrogens with zero attached hydrogens (tertiary/aromatic N) is 5. The normalized spacial score (nSPS) is 20.0. The number of rotatable bonds is 4. The van der Waals surface area contributed by atoms with E-state index in [0.717, 1.165) is 18.9 Å². The van der Waals surface area contributed by atoms with E-state index in [0.29, 0.717) is 43.0 Å². The lowest BCUT2D eigenvalue weighted by molar-refractivity contribution is 0.0702. The molecule has 0 unspecified atom stereocenters. The zero-order chi connectivity index (χ0) is 25.4. The Morgan fingerprint density at radius 2 is 1.89 bits per heavy atom. The fraction of sp³-hybridized carbons (Fsp3) is 0.346. The van der Waals surface area contributed by atoms with Crippen molar-refractivity contribution in [2.75, 3.05) is 31.1 Å². The number of hydrogen-bond acceptors (Lipinski definition) is 5. The maximum absolute atomic E-state index is 15.4. The van der Waals surface area contributed by atoms with Crippen molar-refractivity contribution in [1.82, 2.24) is 14.7 Å². The molecular formula is C26H25F3N6O. The molecule has 2 aromatic carbocycles. The monoisotopic (exact) mass is 494 g/mol. The lowest BCUT2D eigenvalue weighted by Gasteiger charge is -2.30. The molecule has 2 aliphatic rings. The Labute approximate surface area is 206 Å². The third kappa shape index (κ3) is 4.54. The van der Waals surface area contributed by atoms with Gasteiger partial charge in [-0.15, -0.1) is 0 Å². The summed E-state index contributed by atoms with van der Waals surface area (Å²) in [6.45, 7) is 1.62. The molecule has 0 radical (unpaired) electrons. The highest BCUT2D eigenvalue weighted by atomic mass is 19.1. The molecule has 0 spiro atoms. The van der Waals surface area contributed by atoms with Crippen LogP contribution in [0, 0.1) is 23.0 Å². The molecule has 5 rings (SSSR count). The molecule has 3 heterocycles. The number of anilines is 1. The number of carbonyl (C=O) groups excluding carboxylic acids is 1. The van der Waals surface area contributed by atoms with Gasteiger partial charge in [-0.05, 0) is 55.7 Å². The Hall–Kier alpha value is -3.84. The van der Waals surface area contributed by atoms with Crippen molar-refractivity contribution < 1.29 is 18.0 Å². The van der Waals surface area contributed by atoms with E-state index in [1.807, 2.05) is 0 Å². The molecule has 2 atom stereocenters. The van der Waals surface area contributed by atoms with E-state index >= 15 is 4.39 Å². The maximum atomic E-state index is 15.4. The maximum Gasteiger partial charge on any atom is 0.274 e. The second-order valence-electron chi connectivity index (χ2n) is 9.25. The van der Waals surface area contributed by atoms with Gasteiger partial charge >= 0.3 is 0 Å². The van der Waals surface area contributed by atoms with Crippen molar-refractivity contribution in [1.29, 1.82) is 5.26 Å². The first-order chi connectivity index (χ1) is 17.3. The van der Waals surface area contributed by atoms with Crippen LogP contribution >= 0.6 is 0 Å². The van der Waals surface area contributed by atoms with Gasteiger partial charge in [-0.3, -0.25) is 4.79 Å². The van der Waals surface area contributed by atoms with Crippen LogP contribution in [0.2, 0.25) is 0 Å². The van der Waals surface area contributed by atoms with Crippen LogP contribution in [0.3, 0.4) is 0 Å². The zero-order valence-corrected chi connectivity index (χ0v) is 19.5. The van der Waals surface area contributed by atoms with Crippen molar-refractivity contribution in [3.63, 3.8) is 0 Å². The van der Waals surface area contributed by atoms with Crippen molar-refractivity contribution in [3.05, 3.63) is 65.4 Å². The molecule has 7 nitrogen and oxygen atoms in total. The number of aromatic nitrogens is 2. The van der Waals surface area contributed by atoms with Gasteiger partial charge in [-0.1, -0.05) is 6.07 Å². The summed E-state index contributed by atoms with van der Waals surface area (Å²) in [5.41, 5.74) is 7.21. The summed E-state index contributed by atoms with van der Waals surface area (Å²) in [6.07, 6.45) is 1.04. The SMILES string of the molecule is N#Cc1ccc(-c2cc(C(=O)N3CCC[C@@H](N)C3)nn2-c2ccc(N3CC[C@H](F)C3)cc2F)cc1F. The van der Waals surface area contributed by atoms with Crippen molar-refractivity contribution in [2.45, 2.75) is 31.5 Å². The molecule has 1 aromatic heterocycles. The van der Waals surface area contributed by atoms with Crippen molar-refractivity contribution in [3.8, 4) is 23.0 Å². The molecule has 0 bridgehead atoms. The highest BCUT2D eigenvalue weighted by molar-refractivity contribution is 5.93. The number of amides is 1. The second-order valence-corrected chi connectivity index (χ2v) is 9.25. The minimum Gasteiger partial charge on any atom is -0.368 e. The first kappa shape index (κ1) is 23.9. The minimum absolute atomic E-state index is 0.0592. The predicted octanol–water partition coefficient (Wildman–Crippen LogP) is 3.80. The summed E-state index contributed by atoms with van der Waals surface area (Å²) in [5.74, 6) is -1.70. The highest BCUT2D eigenvalue weighted by Crippen LogP contribution is 2.30. The van der Waals surface area contributed by atoms with Crippen LogP contribution in [-0.4, -0.2) is 59.0 Å². The van der Waals surface area contributed by atoms with Gasteiger partial charge in [-0.25, -0.2) is 17.9 Å². The van der Waals surface area contributed by atoms with Gasteiger partial charge in [0.25, 0.3) is 5.91 Å². The molecule has 2 saturated heterocycles. The van der Waals surface area contributed by atoms with Crippen LogP contribution in [-0.2, 0) is 0 Å². The summed E-state index contributed by atoms with van der Waals surface area (Å²) in [6, 6.07) is 11.6. The number of alkyl halides is 1. The van der Waals surface area contributed by atoms with Gasteiger partial charge < -0.3 is 15.5 Å². The smallest absolute Gasteiger partial charge is 0.274 e. The summed E-state index contributed by atoms with van der Waals surface area (Å²) in [5, 5.41) is 13.5. The zero-order valence-electron chi connectivity index (χ0n) is 19.5. The topological polar surface area (TPSA) is 91.2 Å². The lowest BCUT2D eigenvalue weighted by Crippen LogP contribution is -2.45. The minimum atomic E-state index is -0.951. The van der Waals surface area contributed by atoms with E-state index in [-0.39, 0.29) is 35.4 Å². The molecule has 2 fully saturated rings. The van der Waals surface area contributed by atoms with Crippen molar-refractivity contribution >= 4 is 11.6 Å². The largest absolute Gasteiger partial charge is 0.368 e. The van der Waals surface area contributed by atoms with E-state index in [1.165, 1.54) is 35.0 Å². The molecule has 10 heteroatoms. The molecule has 3 aromatic rings. The van der Waals surface area contributed by atoms with E-state index in [1.54, 1.807) is 21.9 Å². The van der Waals surface area contributed by atoms with Crippen LogP contribution < -0.4 is 10.6 Å². The fourth-order valence-electron chi connectivity index (χ4n) is 4.81. The molecule has 0 saturated carbocycles. The van der Waals surface area contributed by atoms with Gasteiger partial charge in [0.2, 0.25) is 0 Å². The van der Waals surface area contributed by atoms with E-state index in [2.05, 4.69) is 5.10 Å². The molecule has 2 aliphatic heterocycles. The number of piperidine rings is 1. The average Bonchev–Trinajstić information content (AvgIpc) is 3.50. The number of nitriles is 1. The Morgan fingerprint density at radius 3 is 2.56 bits per heavy atom. The highest BCUT2D eigenvalue weighted by Gasteiger charge is 2.27. The first-order valence-electron chi connectivity index (χ1n) is 11.9. The second kappa shape index (κ2) is 9.66. The van der Waals surface area contributed by atoms with Gasteiger partial charge in [0.1, 0.15) is 23.7 Å². The van der Waals surface area contributed by atoms with Crippen LogP contribution in [0.4, 0.5) is 18.9 Å². The summed E-state index contributed by atoms with van der Waals surface area (Å²) in [4.78, 5) is 16.6. The van der Waals surface area contributed by atoms with Gasteiger partial charge in [-0.2, -0.15) is 10.4 Å². The number of likely N-dealkylation sites (tertiary alicyclic amines) is 1. The number of benzene rings is 2. The third-order valence-electron chi connectivity index (χ3n) is 6.71. The molecule has 0 aliphatic carbocycles. The van der Waals surface area contributed by atoms with Crippen LogP contribution in [0.15, 0.2) is 42.5 Å². The molecule has 1 amide bonds. The van der Waals surface area contributed by atoms with E-state index < -0.39 is 17.8 Å². The number of carbonyl (C=O) groups is 1. The Morgan fingerprint density at radius 1 is 1.06 bits per heavy atom. The Bertz CT molecular complexity index is 1350. The van der Waals surface area contributed by atoms with Gasteiger partial charge in [0.15, 0.2) is 11.5 Å². The number of hydrogen-bond donors (Lipinski definition) is 1. The number of halogens is 3. The predicted molar refractivity (Wildman–Crippen MR) is 128 cm³/mol. The van der Waals surface area contributed by atoms with E-state index in [9.17, 15) is 13.6 Å². The first-order valence-corrected chi connectivity index (χ1v) is 11.9. The van der Waals surface area contributed by atoms with Crippen molar-refractivity contribution in [2.24, 2.45) is 5.73 Å². The third-order valence-corrected chi connectivity index (χ3v) is 6.71. The fourth-order valence-corrected chi connectivity index (χ4v) is 4.81. The molecule has 36 heavy (non-hydrogen) atoms. The van der Waals surface area contributed by atoms with Crippen LogP contribution in [0.1, 0.15) is 35.3 Å². The molecule has 2 N–H and O–H groups in total. The Kier molecular flexibility index (Phi) is 6.41.